The summed E-state index contributed by atoms with van der Waals surface area (Å²) >= 11 is 1.21. The van der Waals surface area contributed by atoms with Crippen molar-refractivity contribution in [1.29, 1.82) is 0 Å². The molecule has 6 nitrogen and oxygen atoms in total. The van der Waals surface area contributed by atoms with Crippen molar-refractivity contribution in [2.45, 2.75) is 13.3 Å². The molecule has 7 heteroatoms. The zero-order valence-corrected chi connectivity index (χ0v) is 15.3. The third-order valence-corrected chi connectivity index (χ3v) is 4.77. The van der Waals surface area contributed by atoms with Crippen molar-refractivity contribution in [2.75, 3.05) is 39.2 Å². The lowest BCUT2D eigenvalue weighted by molar-refractivity contribution is -0.136. The molecule has 136 valence electrons. The first-order valence-electron chi connectivity index (χ1n) is 8.20. The Labute approximate surface area is 151 Å². The molecule has 0 atom stereocenters. The molecular formula is C18H23NO5S. The molecule has 0 saturated carbocycles. The third-order valence-electron chi connectivity index (χ3n) is 3.72. The molecule has 25 heavy (non-hydrogen) atoms. The van der Waals surface area contributed by atoms with Gasteiger partial charge in [0.2, 0.25) is 0 Å². The lowest BCUT2D eigenvalue weighted by atomic mass is 10.1. The molecule has 1 aliphatic rings. The fraction of sp³-hybridized carbons (Fsp3) is 0.444. The summed E-state index contributed by atoms with van der Waals surface area (Å²) in [6.07, 6.45) is 0.596. The highest BCUT2D eigenvalue weighted by Crippen LogP contribution is 2.36. The van der Waals surface area contributed by atoms with Crippen LogP contribution in [0.1, 0.15) is 18.9 Å². The molecule has 0 fully saturated rings. The first-order chi connectivity index (χ1) is 12.1. The molecular weight excluding hydrogens is 342 g/mol. The van der Waals surface area contributed by atoms with Crippen LogP contribution >= 0.6 is 11.8 Å². The maximum atomic E-state index is 12.8. The largest absolute Gasteiger partial charge is 0.497 e. The number of nitrogens with zero attached hydrogens (tertiary/aromatic N) is 1. The van der Waals surface area contributed by atoms with Crippen molar-refractivity contribution in [3.8, 4) is 5.75 Å². The van der Waals surface area contributed by atoms with Crippen molar-refractivity contribution in [3.05, 3.63) is 34.7 Å². The molecule has 0 unspecified atom stereocenters. The van der Waals surface area contributed by atoms with Gasteiger partial charge >= 0.3 is 0 Å². The Kier molecular flexibility index (Phi) is 7.49. The Bertz CT molecular complexity index is 641. The summed E-state index contributed by atoms with van der Waals surface area (Å²) in [6, 6.07) is 7.05. The average Bonchev–Trinajstić information content (AvgIpc) is 2.87. The highest BCUT2D eigenvalue weighted by atomic mass is 32.2. The number of carbonyl (C=O) groups excluding carboxylic acids is 2. The fourth-order valence-electron chi connectivity index (χ4n) is 2.52. The lowest BCUT2D eigenvalue weighted by Crippen LogP contribution is -2.33. The predicted octanol–water partition coefficient (Wildman–Crippen LogP) is 1.93. The number of ether oxygens (including phenoxy) is 2. The van der Waals surface area contributed by atoms with Gasteiger partial charge in [-0.05, 0) is 31.0 Å². The quantitative estimate of drug-likeness (QED) is 0.504. The van der Waals surface area contributed by atoms with Crippen LogP contribution in [0.4, 0.5) is 0 Å². The molecule has 1 aromatic rings. The standard InChI is InChI=1S/C18H23NO5S/c1-3-24-11-4-9-19-17(21)15(16(18(19)22)25-12-10-20)13-5-7-14(23-2)8-6-13/h5-8,20H,3-4,9-12H2,1-2H3. The van der Waals surface area contributed by atoms with E-state index in [2.05, 4.69) is 0 Å². The van der Waals surface area contributed by atoms with Crippen LogP contribution in [0, 0.1) is 0 Å². The van der Waals surface area contributed by atoms with Gasteiger partial charge in [0.05, 0.1) is 24.2 Å². The van der Waals surface area contributed by atoms with Crippen molar-refractivity contribution < 1.29 is 24.2 Å². The number of aliphatic hydroxyl groups excluding tert-OH is 1. The normalized spacial score (nSPS) is 14.6. The molecule has 1 N–H and O–H groups in total. The van der Waals surface area contributed by atoms with Crippen molar-refractivity contribution in [2.24, 2.45) is 0 Å². The average molecular weight is 365 g/mol. The summed E-state index contributed by atoms with van der Waals surface area (Å²) in [5.41, 5.74) is 1.06. The van der Waals surface area contributed by atoms with Crippen molar-refractivity contribution >= 4 is 29.1 Å². The smallest absolute Gasteiger partial charge is 0.267 e. The van der Waals surface area contributed by atoms with Crippen LogP contribution in [-0.4, -0.2) is 61.0 Å². The van der Waals surface area contributed by atoms with Crippen LogP contribution < -0.4 is 4.74 Å². The molecule has 2 amide bonds. The van der Waals surface area contributed by atoms with Crippen molar-refractivity contribution in [3.63, 3.8) is 0 Å². The topological polar surface area (TPSA) is 76.1 Å². The number of methoxy groups -OCH3 is 1. The van der Waals surface area contributed by atoms with Gasteiger partial charge in [0.25, 0.3) is 11.8 Å². The number of hydrogen-bond donors (Lipinski definition) is 1. The highest BCUT2D eigenvalue weighted by molar-refractivity contribution is 8.04. The number of thioether (sulfide) groups is 1. The Hall–Kier alpha value is -1.83. The SMILES string of the molecule is CCOCCCN1C(=O)C(SCCO)=C(c2ccc(OC)cc2)C1=O. The summed E-state index contributed by atoms with van der Waals surface area (Å²) in [4.78, 5) is 27.1. The van der Waals surface area contributed by atoms with Gasteiger partial charge in [0, 0.05) is 25.5 Å². The molecule has 2 rings (SSSR count). The maximum absolute atomic E-state index is 12.8. The van der Waals surface area contributed by atoms with Crippen LogP contribution in [-0.2, 0) is 14.3 Å². The monoisotopic (exact) mass is 365 g/mol. The molecule has 0 spiro atoms. The molecule has 1 heterocycles. The van der Waals surface area contributed by atoms with E-state index in [1.807, 2.05) is 6.92 Å². The minimum absolute atomic E-state index is 0.0597. The number of rotatable bonds is 10. The summed E-state index contributed by atoms with van der Waals surface area (Å²) in [5, 5.41) is 9.08. The van der Waals surface area contributed by atoms with Gasteiger partial charge in [-0.15, -0.1) is 11.8 Å². The first-order valence-corrected chi connectivity index (χ1v) is 9.18. The zero-order valence-electron chi connectivity index (χ0n) is 14.5. The fourth-order valence-corrected chi connectivity index (χ4v) is 3.40. The Morgan fingerprint density at radius 3 is 2.48 bits per heavy atom. The van der Waals surface area contributed by atoms with E-state index in [1.54, 1.807) is 31.4 Å². The van der Waals surface area contributed by atoms with Crippen LogP contribution in [0.25, 0.3) is 5.57 Å². The number of carbonyl (C=O) groups is 2. The minimum atomic E-state index is -0.300. The van der Waals surface area contributed by atoms with Crippen molar-refractivity contribution in [1.82, 2.24) is 4.90 Å². The summed E-state index contributed by atoms with van der Waals surface area (Å²) < 4.78 is 10.4. The summed E-state index contributed by atoms with van der Waals surface area (Å²) in [5.74, 6) is 0.443. The minimum Gasteiger partial charge on any atom is -0.497 e. The van der Waals surface area contributed by atoms with E-state index in [4.69, 9.17) is 14.6 Å². The van der Waals surface area contributed by atoms with Crippen LogP contribution in [0.5, 0.6) is 5.75 Å². The van der Waals surface area contributed by atoms with Gasteiger partial charge < -0.3 is 14.6 Å². The number of hydrogen-bond acceptors (Lipinski definition) is 6. The van der Waals surface area contributed by atoms with Gasteiger partial charge in [-0.1, -0.05) is 12.1 Å². The molecule has 1 aromatic carbocycles. The maximum Gasteiger partial charge on any atom is 0.267 e. The van der Waals surface area contributed by atoms with Gasteiger partial charge in [0.15, 0.2) is 0 Å². The van der Waals surface area contributed by atoms with Crippen LogP contribution in [0.3, 0.4) is 0 Å². The third kappa shape index (κ3) is 4.62. The highest BCUT2D eigenvalue weighted by Gasteiger charge is 2.38. The van der Waals surface area contributed by atoms with Gasteiger partial charge in [-0.3, -0.25) is 14.5 Å². The second-order valence-corrected chi connectivity index (χ2v) is 6.42. The van der Waals surface area contributed by atoms with E-state index < -0.39 is 0 Å². The van der Waals surface area contributed by atoms with E-state index in [0.29, 0.717) is 53.7 Å². The summed E-state index contributed by atoms with van der Waals surface area (Å²) in [7, 11) is 1.57. The van der Waals surface area contributed by atoms with E-state index in [9.17, 15) is 9.59 Å². The van der Waals surface area contributed by atoms with Gasteiger partial charge in [-0.25, -0.2) is 0 Å². The van der Waals surface area contributed by atoms with E-state index >= 15 is 0 Å². The first kappa shape index (κ1) is 19.5. The van der Waals surface area contributed by atoms with Gasteiger partial charge in [-0.2, -0.15) is 0 Å². The molecule has 0 aromatic heterocycles. The van der Waals surface area contributed by atoms with E-state index in [-0.39, 0.29) is 18.4 Å². The zero-order chi connectivity index (χ0) is 18.2. The molecule has 0 radical (unpaired) electrons. The molecule has 0 aliphatic carbocycles. The number of imide groups is 1. The lowest BCUT2D eigenvalue weighted by Gasteiger charge is -2.15. The number of benzene rings is 1. The second kappa shape index (κ2) is 9.60. The van der Waals surface area contributed by atoms with E-state index in [0.717, 1.165) is 0 Å². The van der Waals surface area contributed by atoms with E-state index in [1.165, 1.54) is 16.7 Å². The predicted molar refractivity (Wildman–Crippen MR) is 97.3 cm³/mol. The molecule has 1 aliphatic heterocycles. The summed E-state index contributed by atoms with van der Waals surface area (Å²) in [6.45, 7) is 3.27. The Morgan fingerprint density at radius 2 is 1.88 bits per heavy atom. The Morgan fingerprint density at radius 1 is 1.16 bits per heavy atom. The second-order valence-electron chi connectivity index (χ2n) is 5.32. The van der Waals surface area contributed by atoms with Gasteiger partial charge in [0.1, 0.15) is 5.75 Å². The van der Waals surface area contributed by atoms with Crippen LogP contribution in [0.2, 0.25) is 0 Å². The number of aliphatic hydroxyl groups is 1. The van der Waals surface area contributed by atoms with Crippen LogP contribution in [0.15, 0.2) is 29.2 Å². The number of amides is 2. The molecule has 0 bridgehead atoms. The molecule has 0 saturated heterocycles. The Balaban J connectivity index is 2.25.